The summed E-state index contributed by atoms with van der Waals surface area (Å²) >= 11 is -0.653. The predicted octanol–water partition coefficient (Wildman–Crippen LogP) is 2.61. The number of aromatic nitrogens is 3. The number of anilines is 1. The summed E-state index contributed by atoms with van der Waals surface area (Å²) in [6, 6.07) is 26.5. The molecular formula is C26H19AsN4O2. The van der Waals surface area contributed by atoms with Crippen LogP contribution in [0.1, 0.15) is 10.5 Å². The average molecular weight is 494 g/mol. The first-order valence-corrected chi connectivity index (χ1v) is 12.4. The summed E-state index contributed by atoms with van der Waals surface area (Å²) in [5.74, 6) is -1.26. The van der Waals surface area contributed by atoms with Crippen molar-refractivity contribution in [2.75, 3.05) is 5.32 Å². The molecule has 0 aliphatic carbocycles. The van der Waals surface area contributed by atoms with Crippen LogP contribution >= 0.6 is 0 Å². The number of hydrogen-bond acceptors (Lipinski definition) is 4. The summed E-state index contributed by atoms with van der Waals surface area (Å²) in [6.45, 7) is 0. The Morgan fingerprint density at radius 1 is 0.818 bits per heavy atom. The molecule has 0 fully saturated rings. The molecule has 160 valence electrons. The van der Waals surface area contributed by atoms with Crippen LogP contribution < -0.4 is 14.3 Å². The summed E-state index contributed by atoms with van der Waals surface area (Å²) in [6.07, 6.45) is 5.27. The van der Waals surface area contributed by atoms with Gasteiger partial charge < -0.3 is 0 Å². The van der Waals surface area contributed by atoms with Gasteiger partial charge in [-0.15, -0.1) is 0 Å². The van der Waals surface area contributed by atoms with Crippen LogP contribution in [0.15, 0.2) is 104 Å². The van der Waals surface area contributed by atoms with E-state index in [4.69, 9.17) is 0 Å². The van der Waals surface area contributed by atoms with Crippen molar-refractivity contribution < 1.29 is 9.59 Å². The molecule has 5 rings (SSSR count). The molecule has 7 heteroatoms. The van der Waals surface area contributed by atoms with E-state index in [2.05, 4.69) is 15.3 Å². The van der Waals surface area contributed by atoms with Crippen molar-refractivity contribution in [3.63, 3.8) is 0 Å². The second-order valence-corrected chi connectivity index (χ2v) is 10.0. The van der Waals surface area contributed by atoms with Crippen molar-refractivity contribution in [2.24, 2.45) is 0 Å². The van der Waals surface area contributed by atoms with E-state index in [0.717, 1.165) is 25.6 Å². The van der Waals surface area contributed by atoms with Gasteiger partial charge in [0.05, 0.1) is 0 Å². The van der Waals surface area contributed by atoms with Gasteiger partial charge >= 0.3 is 191 Å². The molecular weight excluding hydrogens is 475 g/mol. The van der Waals surface area contributed by atoms with Gasteiger partial charge in [0.2, 0.25) is 0 Å². The summed E-state index contributed by atoms with van der Waals surface area (Å²) in [5.41, 5.74) is 3.38. The quantitative estimate of drug-likeness (QED) is 0.224. The van der Waals surface area contributed by atoms with Crippen LogP contribution in [0, 0.1) is 0 Å². The zero-order valence-electron chi connectivity index (χ0n) is 17.5. The van der Waals surface area contributed by atoms with E-state index in [1.165, 1.54) is 0 Å². The first-order chi connectivity index (χ1) is 16.2. The Balaban J connectivity index is 1.39. The number of rotatable bonds is 6. The summed E-state index contributed by atoms with van der Waals surface area (Å²) < 4.78 is 3.74. The van der Waals surface area contributed by atoms with Gasteiger partial charge in [-0.1, -0.05) is 6.07 Å². The molecule has 5 aromatic rings. The molecule has 0 saturated carbocycles. The van der Waals surface area contributed by atoms with Crippen LogP contribution in [0.25, 0.3) is 16.6 Å². The van der Waals surface area contributed by atoms with Gasteiger partial charge in [0.1, 0.15) is 0 Å². The number of carbonyl (C=O) groups excluding carboxylic acids is 2. The van der Waals surface area contributed by atoms with Crippen LogP contribution in [0.3, 0.4) is 0 Å². The number of ketones is 1. The number of fused-ring (bicyclic) bond motifs is 1. The molecule has 6 nitrogen and oxygen atoms in total. The van der Waals surface area contributed by atoms with E-state index in [1.54, 1.807) is 41.2 Å². The zero-order valence-corrected chi connectivity index (χ0v) is 19.6. The van der Waals surface area contributed by atoms with Crippen LogP contribution in [0.2, 0.25) is 0 Å². The number of nitrogens with one attached hydrogen (secondary N) is 1. The van der Waals surface area contributed by atoms with Gasteiger partial charge in [-0.25, -0.2) is 0 Å². The van der Waals surface area contributed by atoms with Crippen LogP contribution in [-0.2, 0) is 4.79 Å². The Morgan fingerprint density at radius 3 is 2.30 bits per heavy atom. The number of hydrogen-bond donors (Lipinski definition) is 1. The van der Waals surface area contributed by atoms with Gasteiger partial charge in [-0.3, -0.25) is 0 Å². The van der Waals surface area contributed by atoms with Gasteiger partial charge in [-0.2, -0.15) is 0 Å². The molecule has 1 unspecified atom stereocenters. The van der Waals surface area contributed by atoms with Crippen LogP contribution in [0.4, 0.5) is 5.69 Å². The molecule has 1 amide bonds. The summed E-state index contributed by atoms with van der Waals surface area (Å²) in [5, 5.41) is 2.75. The first kappa shape index (κ1) is 20.9. The van der Waals surface area contributed by atoms with Crippen molar-refractivity contribution in [1.82, 2.24) is 14.4 Å². The third-order valence-electron chi connectivity index (χ3n) is 5.15. The Hall–Kier alpha value is -4.02. The first-order valence-electron chi connectivity index (χ1n) is 10.3. The molecule has 0 aliphatic heterocycles. The number of nitrogens with zero attached hydrogens (tertiary/aromatic N) is 3. The molecule has 0 saturated heterocycles. The number of benzene rings is 2. The Morgan fingerprint density at radius 2 is 1.55 bits per heavy atom. The maximum absolute atomic E-state index is 13.3. The molecule has 3 heterocycles. The van der Waals surface area contributed by atoms with Crippen molar-refractivity contribution in [1.29, 1.82) is 0 Å². The molecule has 1 atom stereocenters. The van der Waals surface area contributed by atoms with Crippen molar-refractivity contribution in [3.8, 4) is 11.1 Å². The average Bonchev–Trinajstić information content (AvgIpc) is 3.25. The van der Waals surface area contributed by atoms with Crippen LogP contribution in [0.5, 0.6) is 0 Å². The van der Waals surface area contributed by atoms with E-state index in [9.17, 15) is 9.59 Å². The monoisotopic (exact) mass is 494 g/mol. The molecule has 33 heavy (non-hydrogen) atoms. The third kappa shape index (κ3) is 4.47. The number of pyridine rings is 1. The predicted molar refractivity (Wildman–Crippen MR) is 131 cm³/mol. The fourth-order valence-corrected chi connectivity index (χ4v) is 5.44. The molecule has 0 bridgehead atoms. The standard InChI is InChI=1S/C26H19AsN4O2/c32-24(23-22(18-7-2-1-3-8-18)17-21-9-4-5-16-31(21)23)25(33)30-20-12-10-19(11-13-20)27-26-28-14-6-15-29-26/h1-17,27H,(H,30,33). The van der Waals surface area contributed by atoms with E-state index >= 15 is 0 Å². The molecule has 0 aliphatic rings. The number of carbonyl (C=O) groups is 2. The molecule has 2 aromatic carbocycles. The second-order valence-electron chi connectivity index (χ2n) is 7.33. The fraction of sp³-hybridized carbons (Fsp3) is 0. The van der Waals surface area contributed by atoms with E-state index in [1.807, 2.05) is 66.7 Å². The summed E-state index contributed by atoms with van der Waals surface area (Å²) in [4.78, 5) is 34.8. The van der Waals surface area contributed by atoms with Gasteiger partial charge in [0.15, 0.2) is 0 Å². The van der Waals surface area contributed by atoms with Crippen LogP contribution in [-0.4, -0.2) is 41.8 Å². The minimum atomic E-state index is -0.675. The van der Waals surface area contributed by atoms with E-state index < -0.39 is 27.4 Å². The number of Topliss-reactive ketones (excluding diaryl/α,β-unsaturated/α-hetero) is 1. The van der Waals surface area contributed by atoms with Gasteiger partial charge in [0, 0.05) is 0 Å². The molecule has 0 radical (unpaired) electrons. The van der Waals surface area contributed by atoms with E-state index in [0.29, 0.717) is 11.4 Å². The van der Waals surface area contributed by atoms with Crippen molar-refractivity contribution >= 4 is 47.6 Å². The van der Waals surface area contributed by atoms with Gasteiger partial charge in [-0.05, 0) is 0 Å². The zero-order chi connectivity index (χ0) is 22.6. The van der Waals surface area contributed by atoms with Crippen molar-refractivity contribution in [2.45, 2.75) is 0 Å². The molecule has 1 N–H and O–H groups in total. The third-order valence-corrected chi connectivity index (χ3v) is 7.47. The number of amides is 1. The second kappa shape index (κ2) is 9.23. The normalized spacial score (nSPS) is 11.2. The van der Waals surface area contributed by atoms with Crippen molar-refractivity contribution in [3.05, 3.63) is 109 Å². The maximum atomic E-state index is 13.3. The Bertz CT molecular complexity index is 1430. The molecule has 0 spiro atoms. The fourth-order valence-electron chi connectivity index (χ4n) is 3.62. The minimum absolute atomic E-state index is 0.346. The Kier molecular flexibility index (Phi) is 5.83. The van der Waals surface area contributed by atoms with E-state index in [-0.39, 0.29) is 0 Å². The SMILES string of the molecule is O=C(Nc1ccc([AsH]c2ncccn2)cc1)C(=O)c1c(-c2ccccc2)cc2ccccn12. The van der Waals surface area contributed by atoms with Gasteiger partial charge in [0.25, 0.3) is 0 Å². The topological polar surface area (TPSA) is 76.4 Å². The Labute approximate surface area is 197 Å². The summed E-state index contributed by atoms with van der Waals surface area (Å²) in [7, 11) is 0. The molecule has 3 aromatic heterocycles.